The van der Waals surface area contributed by atoms with Gasteiger partial charge in [-0.2, -0.15) is 4.98 Å². The molecular formula is C9H14N6O3. The van der Waals surface area contributed by atoms with E-state index in [0.29, 0.717) is 0 Å². The van der Waals surface area contributed by atoms with E-state index in [2.05, 4.69) is 15.0 Å². The molecule has 2 heterocycles. The number of aromatic amines is 1. The maximum absolute atomic E-state index is 11.5. The molecule has 0 aliphatic carbocycles. The number of hydrogen-bond donors (Lipinski definition) is 5. The fourth-order valence-corrected chi connectivity index (χ4v) is 1.59. The molecule has 0 aromatic carbocycles. The third kappa shape index (κ3) is 2.18. The zero-order valence-corrected chi connectivity index (χ0v) is 9.45. The molecular weight excluding hydrogens is 240 g/mol. The number of nitrogens with two attached hydrogens (primary N) is 2. The van der Waals surface area contributed by atoms with Gasteiger partial charge in [-0.1, -0.05) is 0 Å². The van der Waals surface area contributed by atoms with Gasteiger partial charge in [0.1, 0.15) is 0 Å². The van der Waals surface area contributed by atoms with Gasteiger partial charge < -0.3 is 26.2 Å². The number of nitrogens with one attached hydrogen (secondary N) is 1. The monoisotopic (exact) mass is 254 g/mol. The van der Waals surface area contributed by atoms with Gasteiger partial charge in [-0.05, 0) is 0 Å². The molecule has 9 nitrogen and oxygen atoms in total. The van der Waals surface area contributed by atoms with E-state index in [-0.39, 0.29) is 23.7 Å². The van der Waals surface area contributed by atoms with E-state index in [1.165, 1.54) is 10.9 Å². The Hall–Kier alpha value is -1.97. The minimum absolute atomic E-state index is 0.0227. The lowest BCUT2D eigenvalue weighted by molar-refractivity contribution is 0.0696. The van der Waals surface area contributed by atoms with Crippen LogP contribution in [0.15, 0.2) is 11.1 Å². The third-order valence-corrected chi connectivity index (χ3v) is 2.58. The molecule has 18 heavy (non-hydrogen) atoms. The molecule has 98 valence electrons. The Morgan fingerprint density at radius 1 is 1.56 bits per heavy atom. The zero-order chi connectivity index (χ0) is 13.3. The third-order valence-electron chi connectivity index (χ3n) is 2.58. The van der Waals surface area contributed by atoms with Crippen LogP contribution in [-0.4, -0.2) is 48.5 Å². The second-order valence-corrected chi connectivity index (χ2v) is 3.93. The van der Waals surface area contributed by atoms with Gasteiger partial charge in [0.2, 0.25) is 5.95 Å². The number of aliphatic hydroxyl groups is 2. The standard InChI is InChI=1S/C9H14N6O3/c10-4(5(17)2-16)1-15-3-12-6-7(15)13-9(11)14-8(6)18/h3-5,16-17H,1-2,10H2,(H3,11,13,14,18). The lowest BCUT2D eigenvalue weighted by atomic mass is 10.2. The van der Waals surface area contributed by atoms with Gasteiger partial charge in [0.25, 0.3) is 5.56 Å². The van der Waals surface area contributed by atoms with E-state index in [9.17, 15) is 9.90 Å². The van der Waals surface area contributed by atoms with E-state index in [0.717, 1.165) is 0 Å². The Bertz CT molecular complexity index is 606. The Morgan fingerprint density at radius 3 is 2.94 bits per heavy atom. The van der Waals surface area contributed by atoms with Crippen LogP contribution < -0.4 is 17.0 Å². The highest BCUT2D eigenvalue weighted by Crippen LogP contribution is 2.07. The van der Waals surface area contributed by atoms with Crippen LogP contribution in [-0.2, 0) is 6.54 Å². The number of imidazole rings is 1. The lowest BCUT2D eigenvalue weighted by Crippen LogP contribution is -2.40. The largest absolute Gasteiger partial charge is 0.394 e. The summed E-state index contributed by atoms with van der Waals surface area (Å²) in [5.74, 6) is -0.0227. The summed E-state index contributed by atoms with van der Waals surface area (Å²) in [5.41, 5.74) is 11.1. The summed E-state index contributed by atoms with van der Waals surface area (Å²) >= 11 is 0. The average Bonchev–Trinajstić information content (AvgIpc) is 2.71. The Kier molecular flexibility index (Phi) is 3.28. The molecule has 0 aliphatic heterocycles. The number of aromatic nitrogens is 4. The molecule has 9 heteroatoms. The Labute approximate surface area is 101 Å². The smallest absolute Gasteiger partial charge is 0.280 e. The van der Waals surface area contributed by atoms with Gasteiger partial charge in [0.15, 0.2) is 11.2 Å². The number of H-pyrrole nitrogens is 1. The molecule has 0 saturated heterocycles. The molecule has 2 rings (SSSR count). The van der Waals surface area contributed by atoms with Crippen molar-refractivity contribution in [2.24, 2.45) is 5.73 Å². The summed E-state index contributed by atoms with van der Waals surface area (Å²) < 4.78 is 1.50. The SMILES string of the molecule is Nc1nc2c(ncn2CC(N)C(O)CO)c(=O)[nH]1. The van der Waals surface area contributed by atoms with Crippen LogP contribution in [0, 0.1) is 0 Å². The molecule has 0 amide bonds. The number of fused-ring (bicyclic) bond motifs is 1. The fraction of sp³-hybridized carbons (Fsp3) is 0.444. The van der Waals surface area contributed by atoms with E-state index >= 15 is 0 Å². The summed E-state index contributed by atoms with van der Waals surface area (Å²) in [6.45, 7) is -0.280. The van der Waals surface area contributed by atoms with Crippen molar-refractivity contribution in [3.05, 3.63) is 16.7 Å². The van der Waals surface area contributed by atoms with Crippen LogP contribution in [0.1, 0.15) is 0 Å². The van der Waals surface area contributed by atoms with E-state index in [1.54, 1.807) is 0 Å². The molecule has 0 bridgehead atoms. The van der Waals surface area contributed by atoms with Crippen molar-refractivity contribution in [1.82, 2.24) is 19.5 Å². The van der Waals surface area contributed by atoms with Crippen LogP contribution in [0.2, 0.25) is 0 Å². The predicted molar refractivity (Wildman–Crippen MR) is 63.6 cm³/mol. The summed E-state index contributed by atoms with van der Waals surface area (Å²) in [6, 6.07) is -0.699. The number of anilines is 1. The highest BCUT2D eigenvalue weighted by molar-refractivity contribution is 5.70. The van der Waals surface area contributed by atoms with Gasteiger partial charge in [-0.25, -0.2) is 4.98 Å². The molecule has 0 spiro atoms. The molecule has 2 aromatic rings. The maximum Gasteiger partial charge on any atom is 0.280 e. The number of nitrogen functional groups attached to an aromatic ring is 1. The predicted octanol–water partition coefficient (Wildman–Crippen LogP) is -2.62. The van der Waals surface area contributed by atoms with Gasteiger partial charge in [-0.15, -0.1) is 0 Å². The summed E-state index contributed by atoms with van der Waals surface area (Å²) in [4.78, 5) is 21.7. The molecule has 7 N–H and O–H groups in total. The first kappa shape index (κ1) is 12.5. The summed E-state index contributed by atoms with van der Waals surface area (Å²) in [7, 11) is 0. The lowest BCUT2D eigenvalue weighted by Gasteiger charge is -2.17. The topological polar surface area (TPSA) is 156 Å². The van der Waals surface area contributed by atoms with Gasteiger partial charge >= 0.3 is 0 Å². The van der Waals surface area contributed by atoms with E-state index in [4.69, 9.17) is 16.6 Å². The normalized spacial score (nSPS) is 14.8. The molecule has 0 saturated carbocycles. The first-order chi connectivity index (χ1) is 8.52. The number of nitrogens with zero attached hydrogens (tertiary/aromatic N) is 3. The molecule has 0 aliphatic rings. The van der Waals surface area contributed by atoms with Crippen LogP contribution in [0.5, 0.6) is 0 Å². The first-order valence-corrected chi connectivity index (χ1v) is 5.28. The van der Waals surface area contributed by atoms with Crippen molar-refractivity contribution in [3.63, 3.8) is 0 Å². The highest BCUT2D eigenvalue weighted by atomic mass is 16.3. The minimum Gasteiger partial charge on any atom is -0.394 e. The zero-order valence-electron chi connectivity index (χ0n) is 9.45. The van der Waals surface area contributed by atoms with Crippen molar-refractivity contribution < 1.29 is 10.2 Å². The summed E-state index contributed by atoms with van der Waals surface area (Å²) in [6.07, 6.45) is 0.331. The molecule has 0 radical (unpaired) electrons. The number of hydrogen-bond acceptors (Lipinski definition) is 7. The van der Waals surface area contributed by atoms with E-state index < -0.39 is 24.3 Å². The average molecular weight is 254 g/mol. The Morgan fingerprint density at radius 2 is 2.28 bits per heavy atom. The van der Waals surface area contributed by atoms with Gasteiger partial charge in [0.05, 0.1) is 25.1 Å². The minimum atomic E-state index is -1.05. The van der Waals surface area contributed by atoms with Crippen LogP contribution in [0.4, 0.5) is 5.95 Å². The highest BCUT2D eigenvalue weighted by Gasteiger charge is 2.17. The van der Waals surface area contributed by atoms with Crippen molar-refractivity contribution in [2.75, 3.05) is 12.3 Å². The number of rotatable bonds is 4. The van der Waals surface area contributed by atoms with E-state index in [1.807, 2.05) is 0 Å². The number of aliphatic hydroxyl groups excluding tert-OH is 2. The maximum atomic E-state index is 11.5. The summed E-state index contributed by atoms with van der Waals surface area (Å²) in [5, 5.41) is 18.2. The van der Waals surface area contributed by atoms with Crippen molar-refractivity contribution in [3.8, 4) is 0 Å². The first-order valence-electron chi connectivity index (χ1n) is 5.28. The van der Waals surface area contributed by atoms with Gasteiger partial charge in [-0.3, -0.25) is 9.78 Å². The fourth-order valence-electron chi connectivity index (χ4n) is 1.59. The van der Waals surface area contributed by atoms with Crippen molar-refractivity contribution in [2.45, 2.75) is 18.7 Å². The second-order valence-electron chi connectivity index (χ2n) is 3.93. The van der Waals surface area contributed by atoms with Gasteiger partial charge in [0, 0.05) is 6.54 Å². The van der Waals surface area contributed by atoms with Crippen LogP contribution >= 0.6 is 0 Å². The quantitative estimate of drug-likeness (QED) is 0.400. The second kappa shape index (κ2) is 4.72. The molecule has 2 unspecified atom stereocenters. The molecule has 2 aromatic heterocycles. The molecule has 0 fully saturated rings. The van der Waals surface area contributed by atoms with Crippen LogP contribution in [0.3, 0.4) is 0 Å². The Balaban J connectivity index is 2.38. The molecule has 2 atom stereocenters. The van der Waals surface area contributed by atoms with Crippen molar-refractivity contribution >= 4 is 17.1 Å². The van der Waals surface area contributed by atoms with Crippen LogP contribution in [0.25, 0.3) is 11.2 Å². The van der Waals surface area contributed by atoms with Crippen molar-refractivity contribution in [1.29, 1.82) is 0 Å².